The molecule has 0 radical (unpaired) electrons. The van der Waals surface area contributed by atoms with E-state index in [1.54, 1.807) is 0 Å². The summed E-state index contributed by atoms with van der Waals surface area (Å²) in [5, 5.41) is 0. The molecule has 3 heteroatoms. The first-order valence-corrected chi connectivity index (χ1v) is 8.89. The number of hydrogen-bond donors (Lipinski definition) is 0. The number of fused-ring (bicyclic) bond motifs is 1. The van der Waals surface area contributed by atoms with Crippen LogP contribution in [0.2, 0.25) is 0 Å². The number of rotatable bonds is 7. The van der Waals surface area contributed by atoms with E-state index in [1.807, 2.05) is 4.90 Å². The Morgan fingerprint density at radius 2 is 1.85 bits per heavy atom. The molecule has 0 N–H and O–H groups in total. The Morgan fingerprint density at radius 3 is 2.65 bits per heavy atom. The molecule has 0 spiro atoms. The fourth-order valence-electron chi connectivity index (χ4n) is 2.82. The summed E-state index contributed by atoms with van der Waals surface area (Å²) in [6, 6.07) is 6.44. The number of benzene rings is 1. The second kappa shape index (κ2) is 8.01. The Hall–Kier alpha value is -0.580. The van der Waals surface area contributed by atoms with Crippen molar-refractivity contribution in [1.82, 2.24) is 0 Å². The van der Waals surface area contributed by atoms with Gasteiger partial charge in [0.05, 0.1) is 0 Å². The Labute approximate surface area is 136 Å². The van der Waals surface area contributed by atoms with E-state index in [-0.39, 0.29) is 0 Å². The van der Waals surface area contributed by atoms with Gasteiger partial charge < -0.3 is 4.90 Å². The summed E-state index contributed by atoms with van der Waals surface area (Å²) in [7, 11) is 0. The summed E-state index contributed by atoms with van der Waals surface area (Å²) in [5.74, 6) is 0.298. The largest absolute Gasteiger partial charge is 0.312 e. The second-order valence-electron chi connectivity index (χ2n) is 5.59. The molecule has 1 aromatic carbocycles. The molecular weight excluding hydrogens is 361 g/mol. The number of unbranched alkanes of at least 4 members (excludes halogenated alkanes) is 5. The van der Waals surface area contributed by atoms with Crippen molar-refractivity contribution in [2.75, 3.05) is 11.4 Å². The monoisotopic (exact) mass is 385 g/mol. The number of carbonyl (C=O) groups is 1. The van der Waals surface area contributed by atoms with Crippen molar-refractivity contribution in [2.45, 2.75) is 58.3 Å². The van der Waals surface area contributed by atoms with Gasteiger partial charge in [-0.3, -0.25) is 4.79 Å². The van der Waals surface area contributed by atoms with Gasteiger partial charge in [-0.2, -0.15) is 0 Å². The van der Waals surface area contributed by atoms with Gasteiger partial charge in [0, 0.05) is 22.2 Å². The van der Waals surface area contributed by atoms with Crippen LogP contribution in [-0.2, 0) is 11.2 Å². The summed E-state index contributed by atoms with van der Waals surface area (Å²) >= 11 is 2.34. The molecule has 1 aliphatic heterocycles. The SMILES string of the molecule is CCCCCCCCN1C(=O)CCc2cc(I)ccc21. The van der Waals surface area contributed by atoms with Crippen molar-refractivity contribution in [3.63, 3.8) is 0 Å². The van der Waals surface area contributed by atoms with Crippen LogP contribution in [0.15, 0.2) is 18.2 Å². The van der Waals surface area contributed by atoms with E-state index in [1.165, 1.54) is 41.2 Å². The summed E-state index contributed by atoms with van der Waals surface area (Å²) in [4.78, 5) is 14.1. The maximum absolute atomic E-state index is 12.1. The summed E-state index contributed by atoms with van der Waals surface area (Å²) in [6.45, 7) is 3.13. The first-order chi connectivity index (χ1) is 9.72. The third-order valence-electron chi connectivity index (χ3n) is 3.98. The predicted molar refractivity (Wildman–Crippen MR) is 93.2 cm³/mol. The Kier molecular flexibility index (Phi) is 6.33. The molecule has 0 fully saturated rings. The van der Waals surface area contributed by atoms with Gasteiger partial charge in [0.1, 0.15) is 0 Å². The van der Waals surface area contributed by atoms with Crippen molar-refractivity contribution >= 4 is 34.2 Å². The molecule has 0 bridgehead atoms. The van der Waals surface area contributed by atoms with Crippen LogP contribution in [0.3, 0.4) is 0 Å². The van der Waals surface area contributed by atoms with Crippen LogP contribution in [0.4, 0.5) is 5.69 Å². The number of carbonyl (C=O) groups excluding carboxylic acids is 1. The fourth-order valence-corrected chi connectivity index (χ4v) is 3.38. The quantitative estimate of drug-likeness (QED) is 0.481. The van der Waals surface area contributed by atoms with Gasteiger partial charge in [-0.1, -0.05) is 39.0 Å². The number of anilines is 1. The second-order valence-corrected chi connectivity index (χ2v) is 6.83. The third kappa shape index (κ3) is 4.21. The van der Waals surface area contributed by atoms with Crippen molar-refractivity contribution < 1.29 is 4.79 Å². The first-order valence-electron chi connectivity index (χ1n) is 7.81. The number of amides is 1. The lowest BCUT2D eigenvalue weighted by atomic mass is 10.0. The van der Waals surface area contributed by atoms with Crippen molar-refractivity contribution in [2.24, 2.45) is 0 Å². The molecule has 0 saturated carbocycles. The predicted octanol–water partition coefficient (Wildman–Crippen LogP) is 4.93. The average Bonchev–Trinajstić information content (AvgIpc) is 2.44. The van der Waals surface area contributed by atoms with Gasteiger partial charge in [-0.05, 0) is 59.2 Å². The number of aryl methyl sites for hydroxylation is 1. The van der Waals surface area contributed by atoms with Crippen molar-refractivity contribution in [3.05, 3.63) is 27.3 Å². The van der Waals surface area contributed by atoms with E-state index in [4.69, 9.17) is 0 Å². The average molecular weight is 385 g/mol. The highest BCUT2D eigenvalue weighted by Gasteiger charge is 2.23. The molecule has 0 aromatic heterocycles. The van der Waals surface area contributed by atoms with E-state index < -0.39 is 0 Å². The highest BCUT2D eigenvalue weighted by atomic mass is 127. The number of nitrogens with zero attached hydrogens (tertiary/aromatic N) is 1. The lowest BCUT2D eigenvalue weighted by Gasteiger charge is -2.29. The molecule has 1 aromatic rings. The number of hydrogen-bond acceptors (Lipinski definition) is 1. The molecule has 0 aliphatic carbocycles. The normalized spacial score (nSPS) is 14.5. The first kappa shape index (κ1) is 15.8. The van der Waals surface area contributed by atoms with E-state index in [0.717, 1.165) is 25.1 Å². The molecule has 1 heterocycles. The lowest BCUT2D eigenvalue weighted by Crippen LogP contribution is -2.35. The fraction of sp³-hybridized carbons (Fsp3) is 0.588. The Bertz CT molecular complexity index is 458. The molecule has 2 rings (SSSR count). The van der Waals surface area contributed by atoms with Crippen LogP contribution in [0, 0.1) is 3.57 Å². The van der Waals surface area contributed by atoms with Crippen LogP contribution in [0.1, 0.15) is 57.4 Å². The van der Waals surface area contributed by atoms with Gasteiger partial charge in [0.25, 0.3) is 0 Å². The zero-order valence-corrected chi connectivity index (χ0v) is 14.5. The third-order valence-corrected chi connectivity index (χ3v) is 4.65. The van der Waals surface area contributed by atoms with Crippen LogP contribution in [0.5, 0.6) is 0 Å². The van der Waals surface area contributed by atoms with Crippen molar-refractivity contribution in [1.29, 1.82) is 0 Å². The van der Waals surface area contributed by atoms with Gasteiger partial charge in [0.15, 0.2) is 0 Å². The van der Waals surface area contributed by atoms with E-state index in [2.05, 4.69) is 47.7 Å². The van der Waals surface area contributed by atoms with Gasteiger partial charge in [-0.25, -0.2) is 0 Å². The Balaban J connectivity index is 1.89. The van der Waals surface area contributed by atoms with Crippen LogP contribution >= 0.6 is 22.6 Å². The molecule has 1 aliphatic rings. The highest BCUT2D eigenvalue weighted by Crippen LogP contribution is 2.29. The van der Waals surface area contributed by atoms with E-state index >= 15 is 0 Å². The highest BCUT2D eigenvalue weighted by molar-refractivity contribution is 14.1. The van der Waals surface area contributed by atoms with Gasteiger partial charge in [0.2, 0.25) is 5.91 Å². The number of halogens is 1. The van der Waals surface area contributed by atoms with Gasteiger partial charge in [-0.15, -0.1) is 0 Å². The molecule has 0 unspecified atom stereocenters. The molecule has 20 heavy (non-hydrogen) atoms. The molecule has 2 nitrogen and oxygen atoms in total. The summed E-state index contributed by atoms with van der Waals surface area (Å²) in [6.07, 6.45) is 9.19. The van der Waals surface area contributed by atoms with Crippen LogP contribution in [0.25, 0.3) is 0 Å². The maximum Gasteiger partial charge on any atom is 0.227 e. The van der Waals surface area contributed by atoms with E-state index in [9.17, 15) is 4.79 Å². The minimum absolute atomic E-state index is 0.298. The topological polar surface area (TPSA) is 20.3 Å². The zero-order valence-electron chi connectivity index (χ0n) is 12.3. The van der Waals surface area contributed by atoms with E-state index in [0.29, 0.717) is 12.3 Å². The molecule has 1 amide bonds. The summed E-state index contributed by atoms with van der Waals surface area (Å²) < 4.78 is 1.26. The lowest BCUT2D eigenvalue weighted by molar-refractivity contribution is -0.118. The minimum atomic E-state index is 0.298. The minimum Gasteiger partial charge on any atom is -0.312 e. The van der Waals surface area contributed by atoms with Crippen LogP contribution in [-0.4, -0.2) is 12.5 Å². The molecule has 110 valence electrons. The Morgan fingerprint density at radius 1 is 1.10 bits per heavy atom. The molecular formula is C17H24INO. The van der Waals surface area contributed by atoms with Crippen LogP contribution < -0.4 is 4.90 Å². The molecule has 0 saturated heterocycles. The maximum atomic E-state index is 12.1. The van der Waals surface area contributed by atoms with Crippen molar-refractivity contribution in [3.8, 4) is 0 Å². The molecule has 0 atom stereocenters. The van der Waals surface area contributed by atoms with Gasteiger partial charge >= 0.3 is 0 Å². The zero-order chi connectivity index (χ0) is 14.4. The smallest absolute Gasteiger partial charge is 0.227 e. The summed E-state index contributed by atoms with van der Waals surface area (Å²) in [5.41, 5.74) is 2.48. The standard InChI is InChI=1S/C17H24INO/c1-2-3-4-5-6-7-12-19-16-10-9-15(18)13-14(16)8-11-17(19)20/h9-10,13H,2-8,11-12H2,1H3.